The van der Waals surface area contributed by atoms with Crippen molar-refractivity contribution >= 4 is 23.8 Å². The minimum absolute atomic E-state index is 0.0755. The smallest absolute Gasteiger partial charge is 0.282 e. The Bertz CT molecular complexity index is 894. The molecule has 0 radical (unpaired) electrons. The zero-order valence-corrected chi connectivity index (χ0v) is 13.9. The summed E-state index contributed by atoms with van der Waals surface area (Å²) in [5.41, 5.74) is 0.340. The van der Waals surface area contributed by atoms with Crippen LogP contribution in [0, 0.1) is 20.2 Å². The van der Waals surface area contributed by atoms with E-state index < -0.39 is 9.85 Å². The summed E-state index contributed by atoms with van der Waals surface area (Å²) in [6.07, 6.45) is 2.49. The van der Waals surface area contributed by atoms with Gasteiger partial charge in [-0.25, -0.2) is 0 Å². The van der Waals surface area contributed by atoms with Gasteiger partial charge in [-0.15, -0.1) is 0 Å². The summed E-state index contributed by atoms with van der Waals surface area (Å²) in [5.74, 6) is 0.527. The Balaban J connectivity index is 2.28. The number of methoxy groups -OCH3 is 2. The van der Waals surface area contributed by atoms with Crippen LogP contribution in [0.4, 0.5) is 11.4 Å². The van der Waals surface area contributed by atoms with E-state index in [-0.39, 0.29) is 22.7 Å². The van der Waals surface area contributed by atoms with Crippen LogP contribution in [0.3, 0.4) is 0 Å². The Kier molecular flexibility index (Phi) is 5.93. The molecule has 26 heavy (non-hydrogen) atoms. The number of hydrogen-bond acceptors (Lipinski definition) is 8. The Morgan fingerprint density at radius 1 is 0.923 bits per heavy atom. The highest BCUT2D eigenvalue weighted by molar-refractivity contribution is 5.88. The van der Waals surface area contributed by atoms with Gasteiger partial charge in [-0.3, -0.25) is 20.2 Å². The number of ether oxygens (including phenoxy) is 2. The molecule has 0 spiro atoms. The van der Waals surface area contributed by atoms with Crippen LogP contribution in [-0.4, -0.2) is 36.5 Å². The summed E-state index contributed by atoms with van der Waals surface area (Å²) < 4.78 is 10.1. The van der Waals surface area contributed by atoms with Gasteiger partial charge in [0.15, 0.2) is 11.5 Å². The molecule has 0 aliphatic rings. The first-order valence-corrected chi connectivity index (χ1v) is 7.17. The van der Waals surface area contributed by atoms with Crippen LogP contribution >= 0.6 is 0 Å². The van der Waals surface area contributed by atoms with Crippen LogP contribution in [0.5, 0.6) is 11.5 Å². The van der Waals surface area contributed by atoms with Crippen molar-refractivity contribution in [2.24, 2.45) is 10.2 Å². The Morgan fingerprint density at radius 3 is 2.19 bits per heavy atom. The third-order valence-corrected chi connectivity index (χ3v) is 3.28. The fraction of sp³-hybridized carbons (Fsp3) is 0.125. The standard InChI is InChI=1S/C16H14N4O6/c1-25-15-7-12(14(20(23)24)8-16(15)26-2)10-18-17-9-11-4-3-5-13(6-11)19(21)22/h3-10H,1-2H3. The van der Waals surface area contributed by atoms with E-state index >= 15 is 0 Å². The predicted octanol–water partition coefficient (Wildman–Crippen LogP) is 2.97. The summed E-state index contributed by atoms with van der Waals surface area (Å²) >= 11 is 0. The molecule has 0 aliphatic carbocycles. The van der Waals surface area contributed by atoms with Crippen molar-refractivity contribution in [2.45, 2.75) is 0 Å². The van der Waals surface area contributed by atoms with Crippen LogP contribution in [0.15, 0.2) is 46.6 Å². The maximum Gasteiger partial charge on any atom is 0.282 e. The SMILES string of the molecule is COc1cc(C=NN=Cc2cccc([N+](=O)[O-])c2)c([N+](=O)[O-])cc1OC. The molecule has 0 bridgehead atoms. The Hall–Kier alpha value is -3.82. The first-order valence-electron chi connectivity index (χ1n) is 7.17. The normalized spacial score (nSPS) is 11.0. The molecule has 2 rings (SSSR count). The number of nitro groups is 2. The molecular formula is C16H14N4O6. The van der Waals surface area contributed by atoms with E-state index in [0.29, 0.717) is 11.3 Å². The van der Waals surface area contributed by atoms with Crippen molar-refractivity contribution in [3.63, 3.8) is 0 Å². The van der Waals surface area contributed by atoms with E-state index in [2.05, 4.69) is 10.2 Å². The topological polar surface area (TPSA) is 129 Å². The Labute approximate surface area is 147 Å². The molecule has 2 aromatic rings. The van der Waals surface area contributed by atoms with Gasteiger partial charge >= 0.3 is 0 Å². The molecule has 0 fully saturated rings. The van der Waals surface area contributed by atoms with Gasteiger partial charge in [0.25, 0.3) is 11.4 Å². The van der Waals surface area contributed by atoms with E-state index in [9.17, 15) is 20.2 Å². The highest BCUT2D eigenvalue weighted by Gasteiger charge is 2.18. The quantitative estimate of drug-likeness (QED) is 0.425. The number of non-ortho nitro benzene ring substituents is 1. The molecule has 134 valence electrons. The predicted molar refractivity (Wildman–Crippen MR) is 94.5 cm³/mol. The summed E-state index contributed by atoms with van der Waals surface area (Å²) in [5, 5.41) is 29.4. The van der Waals surface area contributed by atoms with Gasteiger partial charge in [-0.1, -0.05) is 12.1 Å². The second-order valence-corrected chi connectivity index (χ2v) is 4.86. The van der Waals surface area contributed by atoms with Crippen LogP contribution in [0.2, 0.25) is 0 Å². The number of benzene rings is 2. The average molecular weight is 358 g/mol. The van der Waals surface area contributed by atoms with Crippen molar-refractivity contribution < 1.29 is 19.3 Å². The third kappa shape index (κ3) is 4.38. The average Bonchev–Trinajstić information content (AvgIpc) is 2.64. The van der Waals surface area contributed by atoms with E-state index in [1.54, 1.807) is 6.07 Å². The lowest BCUT2D eigenvalue weighted by molar-refractivity contribution is -0.385. The zero-order chi connectivity index (χ0) is 19.1. The summed E-state index contributed by atoms with van der Waals surface area (Å²) in [6, 6.07) is 8.45. The van der Waals surface area contributed by atoms with Gasteiger partial charge in [0.05, 0.1) is 48.1 Å². The van der Waals surface area contributed by atoms with Crippen LogP contribution in [-0.2, 0) is 0 Å². The van der Waals surface area contributed by atoms with E-state index in [1.807, 2.05) is 0 Å². The molecule has 10 nitrogen and oxygen atoms in total. The molecule has 0 saturated carbocycles. The molecule has 0 amide bonds. The molecule has 0 saturated heterocycles. The second-order valence-electron chi connectivity index (χ2n) is 4.86. The third-order valence-electron chi connectivity index (χ3n) is 3.28. The van der Waals surface area contributed by atoms with Gasteiger partial charge in [0, 0.05) is 17.7 Å². The van der Waals surface area contributed by atoms with Gasteiger partial charge < -0.3 is 9.47 Å². The fourth-order valence-corrected chi connectivity index (χ4v) is 2.06. The van der Waals surface area contributed by atoms with Gasteiger partial charge in [0.1, 0.15) is 0 Å². The van der Waals surface area contributed by atoms with Gasteiger partial charge in [-0.2, -0.15) is 10.2 Å². The second kappa shape index (κ2) is 8.33. The molecule has 0 aromatic heterocycles. The number of nitrogens with zero attached hydrogens (tertiary/aromatic N) is 4. The largest absolute Gasteiger partial charge is 0.493 e. The van der Waals surface area contributed by atoms with Crippen molar-refractivity contribution in [2.75, 3.05) is 14.2 Å². The lowest BCUT2D eigenvalue weighted by Crippen LogP contribution is -1.98. The number of nitro benzene ring substituents is 2. The monoisotopic (exact) mass is 358 g/mol. The van der Waals surface area contributed by atoms with Crippen molar-refractivity contribution in [1.82, 2.24) is 0 Å². The van der Waals surface area contributed by atoms with E-state index in [4.69, 9.17) is 9.47 Å². The van der Waals surface area contributed by atoms with E-state index in [1.165, 1.54) is 57.0 Å². The van der Waals surface area contributed by atoms with Crippen molar-refractivity contribution in [1.29, 1.82) is 0 Å². The summed E-state index contributed by atoms with van der Waals surface area (Å²) in [6.45, 7) is 0. The maximum atomic E-state index is 11.2. The molecule has 2 aromatic carbocycles. The molecule has 10 heteroatoms. The minimum atomic E-state index is -0.576. The van der Waals surface area contributed by atoms with Crippen LogP contribution < -0.4 is 9.47 Å². The molecule has 0 heterocycles. The Morgan fingerprint density at radius 2 is 1.58 bits per heavy atom. The highest BCUT2D eigenvalue weighted by Crippen LogP contribution is 2.33. The summed E-state index contributed by atoms with van der Waals surface area (Å²) in [7, 11) is 2.78. The molecule has 0 aliphatic heterocycles. The molecular weight excluding hydrogens is 344 g/mol. The summed E-state index contributed by atoms with van der Waals surface area (Å²) in [4.78, 5) is 20.8. The van der Waals surface area contributed by atoms with Crippen molar-refractivity contribution in [3.8, 4) is 11.5 Å². The van der Waals surface area contributed by atoms with E-state index in [0.717, 1.165) is 0 Å². The molecule has 0 unspecified atom stereocenters. The van der Waals surface area contributed by atoms with Crippen LogP contribution in [0.1, 0.15) is 11.1 Å². The lowest BCUT2D eigenvalue weighted by Gasteiger charge is -2.08. The van der Waals surface area contributed by atoms with Crippen molar-refractivity contribution in [3.05, 3.63) is 67.8 Å². The number of hydrogen-bond donors (Lipinski definition) is 0. The first kappa shape index (κ1) is 18.5. The first-order chi connectivity index (χ1) is 12.5. The fourth-order valence-electron chi connectivity index (χ4n) is 2.06. The number of rotatable bonds is 7. The van der Waals surface area contributed by atoms with Gasteiger partial charge in [0.2, 0.25) is 0 Å². The van der Waals surface area contributed by atoms with Crippen LogP contribution in [0.25, 0.3) is 0 Å². The zero-order valence-electron chi connectivity index (χ0n) is 13.9. The molecule has 0 N–H and O–H groups in total. The lowest BCUT2D eigenvalue weighted by atomic mass is 10.1. The minimum Gasteiger partial charge on any atom is -0.493 e. The maximum absolute atomic E-state index is 11.2. The van der Waals surface area contributed by atoms with Gasteiger partial charge in [-0.05, 0) is 6.07 Å². The molecule has 0 atom stereocenters. The highest BCUT2D eigenvalue weighted by atomic mass is 16.6.